The van der Waals surface area contributed by atoms with Crippen LogP contribution in [-0.2, 0) is 9.53 Å². The van der Waals surface area contributed by atoms with Crippen LogP contribution >= 0.6 is 0 Å². The third kappa shape index (κ3) is 65.5. The summed E-state index contributed by atoms with van der Waals surface area (Å²) in [4.78, 5) is 12.2. The molecule has 0 N–H and O–H groups in total. The van der Waals surface area contributed by atoms with Gasteiger partial charge in [0.15, 0.2) is 0 Å². The van der Waals surface area contributed by atoms with Gasteiger partial charge in [0.2, 0.25) is 0 Å². The monoisotopic (exact) mass is 985 g/mol. The first-order chi connectivity index (χ1) is 34.8. The summed E-state index contributed by atoms with van der Waals surface area (Å²) in [7, 11) is 0. The van der Waals surface area contributed by atoms with Crippen LogP contribution in [0.2, 0.25) is 0 Å². The zero-order valence-electron chi connectivity index (χ0n) is 49.3. The van der Waals surface area contributed by atoms with Gasteiger partial charge >= 0.3 is 5.97 Å². The summed E-state index contributed by atoms with van der Waals surface area (Å²) in [6.45, 7) is 5.26. The lowest BCUT2D eigenvalue weighted by molar-refractivity contribution is -0.143. The predicted octanol–water partition coefficient (Wildman–Crippen LogP) is 25.5. The van der Waals surface area contributed by atoms with E-state index in [1.807, 2.05) is 0 Å². The maximum Gasteiger partial charge on any atom is 0.305 e. The topological polar surface area (TPSA) is 26.3 Å². The molecule has 0 unspecified atom stereocenters. The van der Waals surface area contributed by atoms with Crippen molar-refractivity contribution in [3.63, 3.8) is 0 Å². The second-order valence-corrected chi connectivity index (χ2v) is 23.5. The van der Waals surface area contributed by atoms with Crippen LogP contribution in [0, 0.1) is 0 Å². The van der Waals surface area contributed by atoms with Crippen LogP contribution in [0.25, 0.3) is 0 Å². The lowest BCUT2D eigenvalue weighted by Crippen LogP contribution is -2.05. The summed E-state index contributed by atoms with van der Waals surface area (Å²) >= 11 is 0. The number of rotatable bonds is 65. The van der Waals surface area contributed by atoms with E-state index in [0.29, 0.717) is 13.0 Å². The lowest BCUT2D eigenvalue weighted by Gasteiger charge is -2.06. The van der Waals surface area contributed by atoms with Crippen molar-refractivity contribution in [3.8, 4) is 0 Å². The maximum absolute atomic E-state index is 12.2. The number of carbonyl (C=O) groups is 1. The molecule has 0 aromatic heterocycles. The zero-order valence-corrected chi connectivity index (χ0v) is 49.3. The van der Waals surface area contributed by atoms with Gasteiger partial charge < -0.3 is 4.74 Å². The normalized spacial score (nSPS) is 11.6. The second kappa shape index (κ2) is 66.5. The van der Waals surface area contributed by atoms with Gasteiger partial charge in [-0.25, -0.2) is 0 Å². The Hall–Kier alpha value is -0.530. The molecule has 0 spiro atoms. The molecule has 70 heavy (non-hydrogen) atoms. The third-order valence-electron chi connectivity index (χ3n) is 16.2. The minimum atomic E-state index is 0.0381. The molecule has 0 aliphatic rings. The maximum atomic E-state index is 12.2. The Morgan fingerprint density at radius 3 is 0.471 bits per heavy atom. The highest BCUT2D eigenvalue weighted by Gasteiger charge is 2.04. The van der Waals surface area contributed by atoms with E-state index in [1.54, 1.807) is 0 Å². The molecule has 0 heterocycles. The Morgan fingerprint density at radius 2 is 0.314 bits per heavy atom. The van der Waals surface area contributed by atoms with Gasteiger partial charge in [0.25, 0.3) is 0 Å². The molecule has 0 radical (unpaired) electrons. The summed E-state index contributed by atoms with van der Waals surface area (Å²) in [6.07, 6.45) is 90.7. The summed E-state index contributed by atoms with van der Waals surface area (Å²) in [5.41, 5.74) is 0. The Kier molecular flexibility index (Phi) is 66.0. The molecule has 0 saturated heterocycles. The molecular formula is C68H136O2. The number of hydrogen-bond donors (Lipinski definition) is 0. The van der Waals surface area contributed by atoms with Crippen molar-refractivity contribution in [1.29, 1.82) is 0 Å². The number of esters is 1. The summed E-state index contributed by atoms with van der Waals surface area (Å²) < 4.78 is 5.54. The van der Waals surface area contributed by atoms with E-state index in [9.17, 15) is 4.79 Å². The molecule has 0 aromatic carbocycles. The second-order valence-electron chi connectivity index (χ2n) is 23.5. The Bertz CT molecular complexity index is 898. The Morgan fingerprint density at radius 1 is 0.186 bits per heavy atom. The van der Waals surface area contributed by atoms with Crippen molar-refractivity contribution in [2.45, 2.75) is 425 Å². The van der Waals surface area contributed by atoms with Crippen LogP contribution in [-0.4, -0.2) is 12.6 Å². The van der Waals surface area contributed by atoms with Gasteiger partial charge in [-0.05, 0) is 12.8 Å². The lowest BCUT2D eigenvalue weighted by atomic mass is 10.0. The molecule has 0 aliphatic carbocycles. The molecule has 0 amide bonds. The van der Waals surface area contributed by atoms with E-state index in [2.05, 4.69) is 13.8 Å². The van der Waals surface area contributed by atoms with Crippen molar-refractivity contribution in [1.82, 2.24) is 0 Å². The third-order valence-corrected chi connectivity index (χ3v) is 16.2. The van der Waals surface area contributed by atoms with E-state index in [1.165, 1.54) is 392 Å². The number of hydrogen-bond acceptors (Lipinski definition) is 2. The first-order valence-corrected chi connectivity index (χ1v) is 34.0. The Labute approximate surface area is 444 Å². The number of ether oxygens (including phenoxy) is 1. The molecule has 0 atom stereocenters. The van der Waals surface area contributed by atoms with Gasteiger partial charge in [0.05, 0.1) is 6.61 Å². The number of carbonyl (C=O) groups excluding carboxylic acids is 1. The van der Waals surface area contributed by atoms with E-state index >= 15 is 0 Å². The fraction of sp³-hybridized carbons (Fsp3) is 0.985. The van der Waals surface area contributed by atoms with Gasteiger partial charge in [-0.2, -0.15) is 0 Å². The predicted molar refractivity (Wildman–Crippen MR) is 318 cm³/mol. The molecule has 0 fully saturated rings. The molecule has 2 heteroatoms. The van der Waals surface area contributed by atoms with Crippen LogP contribution in [0.1, 0.15) is 425 Å². The van der Waals surface area contributed by atoms with Crippen molar-refractivity contribution in [2.75, 3.05) is 6.61 Å². The Balaban J connectivity index is 3.14. The van der Waals surface area contributed by atoms with E-state index in [0.717, 1.165) is 12.8 Å². The van der Waals surface area contributed by atoms with Gasteiger partial charge in [-0.1, -0.05) is 406 Å². The van der Waals surface area contributed by atoms with Crippen LogP contribution in [0.15, 0.2) is 0 Å². The number of unbranched alkanes of at least 4 members (excludes halogenated alkanes) is 61. The molecule has 0 bridgehead atoms. The first-order valence-electron chi connectivity index (χ1n) is 34.0. The molecule has 0 rings (SSSR count). The highest BCUT2D eigenvalue weighted by atomic mass is 16.5. The van der Waals surface area contributed by atoms with Crippen LogP contribution in [0.4, 0.5) is 0 Å². The summed E-state index contributed by atoms with van der Waals surface area (Å²) in [6, 6.07) is 0. The fourth-order valence-corrected chi connectivity index (χ4v) is 11.2. The summed E-state index contributed by atoms with van der Waals surface area (Å²) in [5, 5.41) is 0. The largest absolute Gasteiger partial charge is 0.466 e. The first kappa shape index (κ1) is 69.5. The van der Waals surface area contributed by atoms with Gasteiger partial charge in [0.1, 0.15) is 0 Å². The van der Waals surface area contributed by atoms with E-state index in [-0.39, 0.29) is 5.97 Å². The average molecular weight is 986 g/mol. The highest BCUT2D eigenvalue weighted by Crippen LogP contribution is 2.20. The van der Waals surface area contributed by atoms with Crippen LogP contribution in [0.3, 0.4) is 0 Å². The highest BCUT2D eigenvalue weighted by molar-refractivity contribution is 5.69. The van der Waals surface area contributed by atoms with Crippen LogP contribution in [0.5, 0.6) is 0 Å². The molecule has 0 saturated carbocycles. The standard InChI is InChI=1S/C68H136O2/c1-3-5-7-9-11-13-15-17-19-21-23-25-27-29-31-33-35-36-37-38-40-42-44-46-48-50-52-54-56-58-60-62-64-66-68(69)70-67-65-63-61-59-57-55-53-51-49-47-45-43-41-39-34-32-30-28-26-24-22-20-18-16-14-12-10-8-6-4-2/h3-67H2,1-2H3. The van der Waals surface area contributed by atoms with Gasteiger partial charge in [0, 0.05) is 6.42 Å². The fourth-order valence-electron chi connectivity index (χ4n) is 11.2. The molecule has 0 aromatic rings. The summed E-state index contributed by atoms with van der Waals surface area (Å²) in [5.74, 6) is 0.0381. The van der Waals surface area contributed by atoms with Crippen molar-refractivity contribution in [3.05, 3.63) is 0 Å². The quantitative estimate of drug-likeness (QED) is 0.0448. The van der Waals surface area contributed by atoms with Gasteiger partial charge in [-0.3, -0.25) is 4.79 Å². The zero-order chi connectivity index (χ0) is 50.2. The smallest absolute Gasteiger partial charge is 0.305 e. The van der Waals surface area contributed by atoms with Crippen molar-refractivity contribution >= 4 is 5.97 Å². The van der Waals surface area contributed by atoms with E-state index in [4.69, 9.17) is 4.74 Å². The SMILES string of the molecule is CCCCCCCCCCCCCCCCCCCCCCCCCCCCCCCCCCCC(=O)OCCCCCCCCCCCCCCCCCCCCCCCCCCCCCCCC. The van der Waals surface area contributed by atoms with Crippen molar-refractivity contribution in [2.24, 2.45) is 0 Å². The molecule has 0 aliphatic heterocycles. The molecule has 2 nitrogen and oxygen atoms in total. The minimum absolute atomic E-state index is 0.0381. The molecule has 420 valence electrons. The van der Waals surface area contributed by atoms with E-state index < -0.39 is 0 Å². The minimum Gasteiger partial charge on any atom is -0.466 e. The average Bonchev–Trinajstić information content (AvgIpc) is 3.37. The molecular weight excluding hydrogens is 849 g/mol. The van der Waals surface area contributed by atoms with Crippen molar-refractivity contribution < 1.29 is 9.53 Å². The van der Waals surface area contributed by atoms with Crippen LogP contribution < -0.4 is 0 Å². The van der Waals surface area contributed by atoms with Gasteiger partial charge in [-0.15, -0.1) is 0 Å².